The third-order valence-electron chi connectivity index (χ3n) is 2.90. The summed E-state index contributed by atoms with van der Waals surface area (Å²) in [6.45, 7) is 6.77. The van der Waals surface area contributed by atoms with Crippen LogP contribution < -0.4 is 10.6 Å². The zero-order valence-corrected chi connectivity index (χ0v) is 11.9. The highest BCUT2D eigenvalue weighted by atomic mass is 16.5. The average molecular weight is 264 g/mol. The Balaban J connectivity index is 2.09. The van der Waals surface area contributed by atoms with Crippen LogP contribution in [0, 0.1) is 6.92 Å². The summed E-state index contributed by atoms with van der Waals surface area (Å²) in [5.41, 5.74) is 2.54. The van der Waals surface area contributed by atoms with E-state index in [2.05, 4.69) is 29.7 Å². The van der Waals surface area contributed by atoms with Gasteiger partial charge in [0.05, 0.1) is 0 Å². The van der Waals surface area contributed by atoms with Crippen LogP contribution in [0.2, 0.25) is 0 Å². The van der Waals surface area contributed by atoms with E-state index in [0.717, 1.165) is 19.4 Å². The summed E-state index contributed by atoms with van der Waals surface area (Å²) in [7, 11) is 0. The van der Waals surface area contributed by atoms with Gasteiger partial charge in [0, 0.05) is 26.3 Å². The van der Waals surface area contributed by atoms with Crippen molar-refractivity contribution in [1.29, 1.82) is 0 Å². The van der Waals surface area contributed by atoms with Gasteiger partial charge in [-0.2, -0.15) is 0 Å². The Hall–Kier alpha value is -1.55. The Morgan fingerprint density at radius 2 is 1.95 bits per heavy atom. The Kier molecular flexibility index (Phi) is 7.66. The molecule has 4 heteroatoms. The number of rotatable bonds is 8. The van der Waals surface area contributed by atoms with Gasteiger partial charge in [-0.05, 0) is 37.8 Å². The summed E-state index contributed by atoms with van der Waals surface area (Å²) in [4.78, 5) is 11.5. The first-order valence-corrected chi connectivity index (χ1v) is 6.88. The largest absolute Gasteiger partial charge is 0.382 e. The highest BCUT2D eigenvalue weighted by Gasteiger charge is 2.00. The summed E-state index contributed by atoms with van der Waals surface area (Å²) in [6.07, 6.45) is 1.71. The molecule has 0 fully saturated rings. The molecule has 0 aliphatic rings. The van der Waals surface area contributed by atoms with Crippen molar-refractivity contribution in [3.63, 3.8) is 0 Å². The Bertz CT molecular complexity index is 380. The molecule has 0 unspecified atom stereocenters. The lowest BCUT2D eigenvalue weighted by atomic mass is 10.1. The maximum Gasteiger partial charge on any atom is 0.314 e. The minimum absolute atomic E-state index is 0.106. The van der Waals surface area contributed by atoms with Gasteiger partial charge in [0.1, 0.15) is 0 Å². The van der Waals surface area contributed by atoms with E-state index >= 15 is 0 Å². The third-order valence-corrected chi connectivity index (χ3v) is 2.90. The van der Waals surface area contributed by atoms with Gasteiger partial charge in [-0.15, -0.1) is 0 Å². The van der Waals surface area contributed by atoms with Crippen LogP contribution in [0.5, 0.6) is 0 Å². The van der Waals surface area contributed by atoms with Crippen LogP contribution in [0.15, 0.2) is 24.3 Å². The van der Waals surface area contributed by atoms with Crippen molar-refractivity contribution < 1.29 is 9.53 Å². The molecule has 0 aromatic heterocycles. The van der Waals surface area contributed by atoms with E-state index in [9.17, 15) is 4.79 Å². The lowest BCUT2D eigenvalue weighted by Crippen LogP contribution is -2.37. The number of amides is 2. The van der Waals surface area contributed by atoms with E-state index < -0.39 is 0 Å². The second-order valence-electron chi connectivity index (χ2n) is 4.41. The molecule has 1 rings (SSSR count). The van der Waals surface area contributed by atoms with E-state index in [1.165, 1.54) is 11.1 Å². The lowest BCUT2D eigenvalue weighted by molar-refractivity contribution is 0.145. The quantitative estimate of drug-likeness (QED) is 0.708. The molecule has 0 bridgehead atoms. The van der Waals surface area contributed by atoms with Gasteiger partial charge in [-0.1, -0.05) is 24.3 Å². The summed E-state index contributed by atoms with van der Waals surface area (Å²) in [5.74, 6) is 0. The first kappa shape index (κ1) is 15.5. The predicted molar refractivity (Wildman–Crippen MR) is 77.4 cm³/mol. The van der Waals surface area contributed by atoms with Gasteiger partial charge in [-0.3, -0.25) is 0 Å². The zero-order chi connectivity index (χ0) is 13.9. The molecule has 19 heavy (non-hydrogen) atoms. The molecule has 1 aromatic carbocycles. The monoisotopic (exact) mass is 264 g/mol. The number of carbonyl (C=O) groups excluding carboxylic acids is 1. The molecule has 0 spiro atoms. The summed E-state index contributed by atoms with van der Waals surface area (Å²) < 4.78 is 5.20. The van der Waals surface area contributed by atoms with E-state index in [1.54, 1.807) is 0 Å². The predicted octanol–water partition coefficient (Wildman–Crippen LogP) is 2.26. The van der Waals surface area contributed by atoms with Crippen LogP contribution in [0.25, 0.3) is 0 Å². The number of hydrogen-bond acceptors (Lipinski definition) is 2. The summed E-state index contributed by atoms with van der Waals surface area (Å²) in [5, 5.41) is 5.67. The second kappa shape index (κ2) is 9.39. The number of carbonyl (C=O) groups is 1. The number of urea groups is 1. The summed E-state index contributed by atoms with van der Waals surface area (Å²) in [6, 6.07) is 8.12. The molecule has 0 radical (unpaired) electrons. The van der Waals surface area contributed by atoms with Crippen molar-refractivity contribution in [3.05, 3.63) is 35.4 Å². The fraction of sp³-hybridized carbons (Fsp3) is 0.533. The number of ether oxygens (including phenoxy) is 1. The van der Waals surface area contributed by atoms with Crippen molar-refractivity contribution in [2.24, 2.45) is 0 Å². The molecule has 2 N–H and O–H groups in total. The molecule has 2 amide bonds. The molecule has 1 aromatic rings. The normalized spacial score (nSPS) is 10.2. The second-order valence-corrected chi connectivity index (χ2v) is 4.41. The molecule has 0 heterocycles. The first-order valence-electron chi connectivity index (χ1n) is 6.88. The minimum atomic E-state index is -0.106. The van der Waals surface area contributed by atoms with Crippen molar-refractivity contribution in [3.8, 4) is 0 Å². The first-order chi connectivity index (χ1) is 9.24. The molecular weight excluding hydrogens is 240 g/mol. The standard InChI is InChI=1S/C15H24N2O2/c1-3-19-12-6-10-16-15(18)17-11-9-14-8-5-4-7-13(14)2/h4-5,7-8H,3,6,9-12H2,1-2H3,(H2,16,17,18). The van der Waals surface area contributed by atoms with Crippen LogP contribution in [0.1, 0.15) is 24.5 Å². The number of nitrogens with one attached hydrogen (secondary N) is 2. The fourth-order valence-corrected chi connectivity index (χ4v) is 1.78. The number of aryl methyl sites for hydroxylation is 1. The van der Waals surface area contributed by atoms with E-state index in [-0.39, 0.29) is 6.03 Å². The molecule has 4 nitrogen and oxygen atoms in total. The van der Waals surface area contributed by atoms with E-state index in [4.69, 9.17) is 4.74 Å². The Morgan fingerprint density at radius 3 is 2.68 bits per heavy atom. The van der Waals surface area contributed by atoms with Crippen LogP contribution in [-0.4, -0.2) is 32.3 Å². The van der Waals surface area contributed by atoms with Crippen LogP contribution in [0.3, 0.4) is 0 Å². The summed E-state index contributed by atoms with van der Waals surface area (Å²) >= 11 is 0. The minimum Gasteiger partial charge on any atom is -0.382 e. The zero-order valence-electron chi connectivity index (χ0n) is 11.9. The number of hydrogen-bond donors (Lipinski definition) is 2. The Morgan fingerprint density at radius 1 is 1.21 bits per heavy atom. The van der Waals surface area contributed by atoms with Gasteiger partial charge in [0.2, 0.25) is 0 Å². The average Bonchev–Trinajstić information content (AvgIpc) is 2.41. The van der Waals surface area contributed by atoms with Crippen molar-refractivity contribution in [2.75, 3.05) is 26.3 Å². The Labute approximate surface area is 115 Å². The van der Waals surface area contributed by atoms with Gasteiger partial charge >= 0.3 is 6.03 Å². The highest BCUT2D eigenvalue weighted by Crippen LogP contribution is 2.06. The molecule has 106 valence electrons. The van der Waals surface area contributed by atoms with Gasteiger partial charge < -0.3 is 15.4 Å². The molecule has 0 aliphatic carbocycles. The smallest absolute Gasteiger partial charge is 0.314 e. The van der Waals surface area contributed by atoms with Crippen LogP contribution in [-0.2, 0) is 11.2 Å². The van der Waals surface area contributed by atoms with E-state index in [1.807, 2.05) is 19.1 Å². The molecule has 0 saturated carbocycles. The van der Waals surface area contributed by atoms with Crippen molar-refractivity contribution >= 4 is 6.03 Å². The van der Waals surface area contributed by atoms with Gasteiger partial charge in [0.25, 0.3) is 0 Å². The van der Waals surface area contributed by atoms with Crippen LogP contribution >= 0.6 is 0 Å². The highest BCUT2D eigenvalue weighted by molar-refractivity contribution is 5.73. The van der Waals surface area contributed by atoms with Crippen molar-refractivity contribution in [1.82, 2.24) is 10.6 Å². The molecule has 0 aliphatic heterocycles. The third kappa shape index (κ3) is 6.82. The molecule has 0 saturated heterocycles. The maximum absolute atomic E-state index is 11.5. The molecular formula is C15H24N2O2. The topological polar surface area (TPSA) is 50.4 Å². The lowest BCUT2D eigenvalue weighted by Gasteiger charge is -2.09. The van der Waals surface area contributed by atoms with Crippen LogP contribution in [0.4, 0.5) is 4.79 Å². The SMILES string of the molecule is CCOCCCNC(=O)NCCc1ccccc1C. The fourth-order valence-electron chi connectivity index (χ4n) is 1.78. The molecule has 0 atom stereocenters. The number of benzene rings is 1. The van der Waals surface area contributed by atoms with Gasteiger partial charge in [-0.25, -0.2) is 4.79 Å². The van der Waals surface area contributed by atoms with Gasteiger partial charge in [0.15, 0.2) is 0 Å². The van der Waals surface area contributed by atoms with E-state index in [0.29, 0.717) is 19.7 Å². The van der Waals surface area contributed by atoms with Crippen molar-refractivity contribution in [2.45, 2.75) is 26.7 Å². The maximum atomic E-state index is 11.5.